The van der Waals surface area contributed by atoms with Gasteiger partial charge in [-0.25, -0.2) is 4.79 Å². The molecule has 1 aliphatic rings. The summed E-state index contributed by atoms with van der Waals surface area (Å²) >= 11 is 13.8. The van der Waals surface area contributed by atoms with Crippen molar-refractivity contribution in [2.24, 2.45) is 0 Å². The fourth-order valence-corrected chi connectivity index (χ4v) is 4.17. The van der Waals surface area contributed by atoms with Crippen LogP contribution in [-0.2, 0) is 11.4 Å². The van der Waals surface area contributed by atoms with E-state index < -0.39 is 12.1 Å². The van der Waals surface area contributed by atoms with Crippen LogP contribution in [0.1, 0.15) is 18.5 Å². The SMILES string of the molecule is O=C(O)C(F)(F)F.OCc1[nH]nnc1SC1CCN(c2cc(Cl)cc(Cl)c2)CC1. The molecule has 7 nitrogen and oxygen atoms in total. The summed E-state index contributed by atoms with van der Waals surface area (Å²) in [5.74, 6) is -2.76. The molecule has 1 fully saturated rings. The molecule has 160 valence electrons. The van der Waals surface area contributed by atoms with E-state index in [9.17, 15) is 18.3 Å². The third-order valence-corrected chi connectivity index (χ3v) is 5.71. The fourth-order valence-electron chi connectivity index (χ4n) is 2.55. The molecule has 1 aliphatic heterocycles. The van der Waals surface area contributed by atoms with Crippen LogP contribution in [0, 0.1) is 0 Å². The molecule has 3 N–H and O–H groups in total. The van der Waals surface area contributed by atoms with Crippen LogP contribution < -0.4 is 4.90 Å². The van der Waals surface area contributed by atoms with E-state index in [4.69, 9.17) is 33.1 Å². The molecule has 29 heavy (non-hydrogen) atoms. The number of halogens is 5. The molecular formula is C16H17Cl2F3N4O3S. The van der Waals surface area contributed by atoms with Crippen molar-refractivity contribution in [3.05, 3.63) is 33.9 Å². The third kappa shape index (κ3) is 7.25. The van der Waals surface area contributed by atoms with E-state index in [0.29, 0.717) is 21.0 Å². The van der Waals surface area contributed by atoms with E-state index in [0.717, 1.165) is 36.6 Å². The summed E-state index contributed by atoms with van der Waals surface area (Å²) in [5, 5.41) is 29.4. The molecule has 2 heterocycles. The number of benzene rings is 1. The van der Waals surface area contributed by atoms with Gasteiger partial charge in [-0.05, 0) is 31.0 Å². The minimum absolute atomic E-state index is 0.0603. The van der Waals surface area contributed by atoms with Gasteiger partial charge in [0.05, 0.1) is 12.3 Å². The van der Waals surface area contributed by atoms with Gasteiger partial charge in [0.25, 0.3) is 0 Å². The van der Waals surface area contributed by atoms with Crippen LogP contribution >= 0.6 is 35.0 Å². The number of alkyl halides is 3. The molecule has 0 saturated carbocycles. The maximum Gasteiger partial charge on any atom is 0.490 e. The predicted molar refractivity (Wildman–Crippen MR) is 104 cm³/mol. The highest BCUT2D eigenvalue weighted by Crippen LogP contribution is 2.33. The first-order valence-corrected chi connectivity index (χ1v) is 9.92. The zero-order valence-electron chi connectivity index (χ0n) is 14.8. The zero-order chi connectivity index (χ0) is 21.6. The number of rotatable bonds is 4. The number of anilines is 1. The van der Waals surface area contributed by atoms with Crippen LogP contribution in [0.3, 0.4) is 0 Å². The van der Waals surface area contributed by atoms with Crippen LogP contribution in [-0.4, -0.2) is 56.1 Å². The van der Waals surface area contributed by atoms with Crippen molar-refractivity contribution in [1.82, 2.24) is 15.4 Å². The van der Waals surface area contributed by atoms with Crippen molar-refractivity contribution < 1.29 is 28.2 Å². The van der Waals surface area contributed by atoms with Crippen molar-refractivity contribution in [2.75, 3.05) is 18.0 Å². The first-order valence-electron chi connectivity index (χ1n) is 8.28. The zero-order valence-corrected chi connectivity index (χ0v) is 17.1. The average Bonchev–Trinajstić information content (AvgIpc) is 3.08. The van der Waals surface area contributed by atoms with Crippen molar-refractivity contribution in [3.63, 3.8) is 0 Å². The lowest BCUT2D eigenvalue weighted by Gasteiger charge is -2.33. The van der Waals surface area contributed by atoms with Crippen molar-refractivity contribution in [3.8, 4) is 0 Å². The molecular weight excluding hydrogens is 456 g/mol. The van der Waals surface area contributed by atoms with Crippen LogP contribution in [0.2, 0.25) is 10.0 Å². The van der Waals surface area contributed by atoms with E-state index in [1.54, 1.807) is 17.8 Å². The molecule has 1 aromatic heterocycles. The monoisotopic (exact) mass is 472 g/mol. The number of hydrogen-bond donors (Lipinski definition) is 3. The predicted octanol–water partition coefficient (Wildman–Crippen LogP) is 4.00. The van der Waals surface area contributed by atoms with Gasteiger partial charge in [-0.2, -0.15) is 13.2 Å². The normalized spacial score (nSPS) is 15.0. The number of nitrogens with zero attached hydrogens (tertiary/aromatic N) is 3. The number of hydrogen-bond acceptors (Lipinski definition) is 6. The number of aliphatic carboxylic acids is 1. The summed E-state index contributed by atoms with van der Waals surface area (Å²) in [6.45, 7) is 1.83. The molecule has 0 bridgehead atoms. The van der Waals surface area contributed by atoms with E-state index >= 15 is 0 Å². The number of aromatic amines is 1. The van der Waals surface area contributed by atoms with Crippen LogP contribution in [0.4, 0.5) is 18.9 Å². The largest absolute Gasteiger partial charge is 0.490 e. The van der Waals surface area contributed by atoms with Crippen molar-refractivity contribution in [1.29, 1.82) is 0 Å². The number of aliphatic hydroxyl groups excluding tert-OH is 1. The number of aliphatic hydroxyl groups is 1. The Bertz CT molecular complexity index is 810. The van der Waals surface area contributed by atoms with Crippen LogP contribution in [0.5, 0.6) is 0 Å². The van der Waals surface area contributed by atoms with Gasteiger partial charge in [-0.15, -0.1) is 5.10 Å². The lowest BCUT2D eigenvalue weighted by molar-refractivity contribution is -0.192. The molecule has 3 rings (SSSR count). The number of carboxylic acids is 1. The molecule has 1 aromatic carbocycles. The topological polar surface area (TPSA) is 102 Å². The number of carboxylic acid groups (broad SMARTS) is 1. The quantitative estimate of drug-likeness (QED) is 0.617. The Labute approximate surface area is 178 Å². The highest BCUT2D eigenvalue weighted by Gasteiger charge is 2.38. The number of nitrogens with one attached hydrogen (secondary N) is 1. The number of carbonyl (C=O) groups is 1. The number of piperidine rings is 1. The van der Waals surface area contributed by atoms with Gasteiger partial charge >= 0.3 is 12.1 Å². The van der Waals surface area contributed by atoms with Gasteiger partial charge in [-0.1, -0.05) is 40.2 Å². The number of thioether (sulfide) groups is 1. The Hall–Kier alpha value is -1.69. The van der Waals surface area contributed by atoms with E-state index in [1.807, 2.05) is 12.1 Å². The second-order valence-electron chi connectivity index (χ2n) is 5.99. The van der Waals surface area contributed by atoms with Gasteiger partial charge in [0.15, 0.2) is 0 Å². The smallest absolute Gasteiger partial charge is 0.475 e. The van der Waals surface area contributed by atoms with Gasteiger partial charge in [0, 0.05) is 34.1 Å². The summed E-state index contributed by atoms with van der Waals surface area (Å²) in [7, 11) is 0. The molecule has 2 aromatic rings. The number of H-pyrrole nitrogens is 1. The maximum absolute atomic E-state index is 10.6. The summed E-state index contributed by atoms with van der Waals surface area (Å²) in [5.41, 5.74) is 1.76. The third-order valence-electron chi connectivity index (χ3n) is 3.92. The minimum Gasteiger partial charge on any atom is -0.475 e. The molecule has 0 amide bonds. The molecule has 0 atom stereocenters. The van der Waals surface area contributed by atoms with Gasteiger partial charge in [0.1, 0.15) is 5.03 Å². The fraction of sp³-hybridized carbons (Fsp3) is 0.438. The van der Waals surface area contributed by atoms with Crippen LogP contribution in [0.25, 0.3) is 0 Å². The van der Waals surface area contributed by atoms with E-state index in [2.05, 4.69) is 20.3 Å². The summed E-state index contributed by atoms with van der Waals surface area (Å²) in [4.78, 5) is 11.2. The Balaban J connectivity index is 0.000000370. The Morgan fingerprint density at radius 2 is 1.79 bits per heavy atom. The van der Waals surface area contributed by atoms with Crippen LogP contribution in [0.15, 0.2) is 23.2 Å². The average molecular weight is 473 g/mol. The van der Waals surface area contributed by atoms with Gasteiger partial charge < -0.3 is 15.1 Å². The Kier molecular flexibility index (Phi) is 8.44. The standard InChI is InChI=1S/C14H16Cl2N4OS.C2HF3O2/c15-9-5-10(16)7-11(6-9)20-3-1-12(2-4-20)22-14-13(8-21)17-19-18-14;3-2(4,5)1(6)7/h5-7,12,21H,1-4,8H2,(H,17,18,19);(H,6,7). The molecule has 0 spiro atoms. The number of aromatic nitrogens is 3. The second kappa shape index (κ2) is 10.4. The highest BCUT2D eigenvalue weighted by atomic mass is 35.5. The summed E-state index contributed by atoms with van der Waals surface area (Å²) in [6.07, 6.45) is -3.01. The first kappa shape index (κ1) is 23.6. The second-order valence-corrected chi connectivity index (χ2v) is 8.15. The summed E-state index contributed by atoms with van der Waals surface area (Å²) < 4.78 is 31.7. The molecule has 13 heteroatoms. The van der Waals surface area contributed by atoms with Crippen molar-refractivity contribution in [2.45, 2.75) is 35.9 Å². The van der Waals surface area contributed by atoms with Gasteiger partial charge in [0.2, 0.25) is 0 Å². The highest BCUT2D eigenvalue weighted by molar-refractivity contribution is 7.99. The lowest BCUT2D eigenvalue weighted by atomic mass is 10.1. The molecule has 1 saturated heterocycles. The Morgan fingerprint density at radius 3 is 2.28 bits per heavy atom. The lowest BCUT2D eigenvalue weighted by Crippen LogP contribution is -2.34. The van der Waals surface area contributed by atoms with E-state index in [1.165, 1.54) is 0 Å². The molecule has 0 radical (unpaired) electrons. The first-order chi connectivity index (χ1) is 13.6. The molecule has 0 unspecified atom stereocenters. The van der Waals surface area contributed by atoms with Crippen molar-refractivity contribution >= 4 is 46.6 Å². The minimum atomic E-state index is -5.08. The summed E-state index contributed by atoms with van der Waals surface area (Å²) in [6, 6.07) is 5.64. The van der Waals surface area contributed by atoms with E-state index in [-0.39, 0.29) is 6.61 Å². The molecule has 0 aliphatic carbocycles. The Morgan fingerprint density at radius 1 is 1.24 bits per heavy atom. The van der Waals surface area contributed by atoms with Gasteiger partial charge in [-0.3, -0.25) is 5.10 Å². The maximum atomic E-state index is 10.6.